The number of alkyl halides is 6. The first kappa shape index (κ1) is 37.6. The van der Waals surface area contributed by atoms with Gasteiger partial charge in [0.1, 0.15) is 6.20 Å². The highest BCUT2D eigenvalue weighted by molar-refractivity contribution is 8.13. The van der Waals surface area contributed by atoms with E-state index in [-0.39, 0.29) is 0 Å². The van der Waals surface area contributed by atoms with Gasteiger partial charge in [-0.2, -0.15) is 26.3 Å². The maximum Gasteiger partial charge on any atom is 0.480 e. The van der Waals surface area contributed by atoms with Crippen molar-refractivity contribution in [1.29, 1.82) is 0 Å². The van der Waals surface area contributed by atoms with Crippen LogP contribution in [0.3, 0.4) is 0 Å². The predicted octanol–water partition coefficient (Wildman–Crippen LogP) is 8.11. The number of quaternary nitrogens is 1. The SMILES string of the molecule is CCCCCCCCCCCC[NH+]1C=CN(c2c3ccccc3cc3ccccc23)C1.O=S(=O)([N-]S(=O)(=O)C(F)(F)F)C(F)(F)F. The minimum Gasteiger partial charge on any atom is -0.421 e. The molecular formula is C31H39F6N3O4S2. The number of halogens is 6. The van der Waals surface area contributed by atoms with Crippen molar-refractivity contribution >= 4 is 47.3 Å². The van der Waals surface area contributed by atoms with E-state index >= 15 is 0 Å². The summed E-state index contributed by atoms with van der Waals surface area (Å²) in [5.74, 6) is 0. The summed E-state index contributed by atoms with van der Waals surface area (Å²) < 4.78 is 109. The minimum absolute atomic E-state index is 0.778. The number of benzene rings is 3. The maximum absolute atomic E-state index is 11.4. The number of fused-ring (bicyclic) bond motifs is 2. The van der Waals surface area contributed by atoms with Gasteiger partial charge in [0.05, 0.1) is 18.4 Å². The van der Waals surface area contributed by atoms with Crippen molar-refractivity contribution in [3.8, 4) is 0 Å². The molecule has 256 valence electrons. The molecule has 0 saturated heterocycles. The number of nitrogens with zero attached hydrogens (tertiary/aromatic N) is 2. The predicted molar refractivity (Wildman–Crippen MR) is 169 cm³/mol. The molecule has 0 aromatic heterocycles. The number of hydrogen-bond donors (Lipinski definition) is 1. The summed E-state index contributed by atoms with van der Waals surface area (Å²) in [5, 5.41) is 5.36. The number of rotatable bonds is 14. The van der Waals surface area contributed by atoms with E-state index in [2.05, 4.69) is 78.8 Å². The second kappa shape index (κ2) is 16.3. The molecule has 0 spiro atoms. The molecule has 0 fully saturated rings. The van der Waals surface area contributed by atoms with Crippen molar-refractivity contribution in [3.63, 3.8) is 0 Å². The highest BCUT2D eigenvalue weighted by Gasteiger charge is 2.47. The maximum atomic E-state index is 11.4. The van der Waals surface area contributed by atoms with E-state index in [0.29, 0.717) is 0 Å². The van der Waals surface area contributed by atoms with Crippen LogP contribution in [0.1, 0.15) is 71.1 Å². The molecule has 0 bridgehead atoms. The zero-order valence-corrected chi connectivity index (χ0v) is 27.1. The van der Waals surface area contributed by atoms with E-state index in [0.717, 1.165) is 10.8 Å². The molecule has 1 atom stereocenters. The van der Waals surface area contributed by atoms with Crippen LogP contribution < -0.4 is 9.80 Å². The molecule has 4 rings (SSSR count). The first-order chi connectivity index (χ1) is 21.6. The molecule has 0 radical (unpaired) electrons. The van der Waals surface area contributed by atoms with E-state index in [1.165, 1.54) is 98.0 Å². The van der Waals surface area contributed by atoms with Crippen LogP contribution in [0.2, 0.25) is 0 Å². The molecule has 0 saturated carbocycles. The molecule has 1 aliphatic heterocycles. The van der Waals surface area contributed by atoms with Gasteiger partial charge in [0.15, 0.2) is 26.7 Å². The lowest BCUT2D eigenvalue weighted by atomic mass is 10.0. The molecule has 3 aromatic rings. The van der Waals surface area contributed by atoms with E-state index in [1.54, 1.807) is 4.90 Å². The fraction of sp³-hybridized carbons (Fsp3) is 0.484. The number of unbranched alkanes of at least 4 members (excludes halogenated alkanes) is 9. The van der Waals surface area contributed by atoms with Crippen molar-refractivity contribution in [2.24, 2.45) is 0 Å². The van der Waals surface area contributed by atoms with Crippen LogP contribution in [0.4, 0.5) is 32.0 Å². The largest absolute Gasteiger partial charge is 0.480 e. The zero-order chi connectivity index (χ0) is 34.0. The van der Waals surface area contributed by atoms with Crippen molar-refractivity contribution in [1.82, 2.24) is 0 Å². The van der Waals surface area contributed by atoms with Gasteiger partial charge in [-0.3, -0.25) is 9.80 Å². The lowest BCUT2D eigenvalue weighted by molar-refractivity contribution is -0.840. The number of hydrogen-bond acceptors (Lipinski definition) is 5. The molecule has 0 aliphatic carbocycles. The van der Waals surface area contributed by atoms with Gasteiger partial charge in [-0.25, -0.2) is 16.8 Å². The van der Waals surface area contributed by atoms with Gasteiger partial charge in [-0.15, -0.1) is 0 Å². The van der Waals surface area contributed by atoms with Crippen LogP contribution in [0, 0.1) is 0 Å². The summed E-state index contributed by atoms with van der Waals surface area (Å²) in [6.45, 7) is 4.57. The molecule has 7 nitrogen and oxygen atoms in total. The van der Waals surface area contributed by atoms with Crippen LogP contribution in [-0.4, -0.2) is 41.1 Å². The van der Waals surface area contributed by atoms with Crippen LogP contribution in [-0.2, 0) is 20.0 Å². The third-order valence-electron chi connectivity index (χ3n) is 7.53. The molecule has 46 heavy (non-hydrogen) atoms. The Kier molecular flexibility index (Phi) is 13.3. The zero-order valence-electron chi connectivity index (χ0n) is 25.4. The Balaban J connectivity index is 0.000000326. The van der Waals surface area contributed by atoms with Gasteiger partial charge < -0.3 is 4.13 Å². The van der Waals surface area contributed by atoms with E-state index < -0.39 is 31.1 Å². The average Bonchev–Trinajstić information content (AvgIpc) is 3.44. The Labute approximate surface area is 266 Å². The standard InChI is InChI=1S/C29H38N2.C2F6NO4S2/c1-2-3-4-5-6-7-8-9-10-15-20-30-21-22-31(24-30)29-27-18-13-11-16-25(27)23-26-17-12-14-19-28(26)29;3-1(4,5)14(10,11)9-15(12,13)2(6,7)8/h11-14,16-19,21-23H,2-10,15,20,24H2,1H3;/q;-1/p+1. The fourth-order valence-electron chi connectivity index (χ4n) is 5.19. The topological polar surface area (TPSA) is 90.1 Å². The Morgan fingerprint density at radius 1 is 0.696 bits per heavy atom. The highest BCUT2D eigenvalue weighted by atomic mass is 32.3. The summed E-state index contributed by atoms with van der Waals surface area (Å²) in [4.78, 5) is 4.05. The van der Waals surface area contributed by atoms with Crippen LogP contribution in [0.25, 0.3) is 25.7 Å². The lowest BCUT2D eigenvalue weighted by Gasteiger charge is -2.22. The van der Waals surface area contributed by atoms with Crippen molar-refractivity contribution in [2.75, 3.05) is 18.1 Å². The average molecular weight is 696 g/mol. The number of anilines is 1. The first-order valence-corrected chi connectivity index (χ1v) is 18.0. The van der Waals surface area contributed by atoms with E-state index in [1.807, 2.05) is 0 Å². The molecule has 1 N–H and O–H groups in total. The van der Waals surface area contributed by atoms with Gasteiger partial charge in [0.2, 0.25) is 0 Å². The van der Waals surface area contributed by atoms with Crippen LogP contribution in [0.15, 0.2) is 67.0 Å². The summed E-state index contributed by atoms with van der Waals surface area (Å²) in [6.07, 6.45) is 18.7. The van der Waals surface area contributed by atoms with Crippen molar-refractivity contribution in [3.05, 3.63) is 71.1 Å². The molecule has 1 unspecified atom stereocenters. The van der Waals surface area contributed by atoms with Gasteiger partial charge in [-0.05, 0) is 29.7 Å². The molecule has 1 heterocycles. The van der Waals surface area contributed by atoms with Crippen molar-refractivity contribution < 1.29 is 48.1 Å². The Hall–Kier alpha value is -2.88. The van der Waals surface area contributed by atoms with E-state index in [4.69, 9.17) is 0 Å². The third kappa shape index (κ3) is 10.3. The molecule has 0 amide bonds. The quantitative estimate of drug-likeness (QED) is 0.105. The summed E-state index contributed by atoms with van der Waals surface area (Å²) >= 11 is 0. The van der Waals surface area contributed by atoms with Crippen LogP contribution >= 0.6 is 0 Å². The Morgan fingerprint density at radius 2 is 1.13 bits per heavy atom. The Bertz CT molecular complexity index is 1580. The smallest absolute Gasteiger partial charge is 0.421 e. The highest BCUT2D eigenvalue weighted by Crippen LogP contribution is 2.37. The molecule has 15 heteroatoms. The fourth-order valence-corrected chi connectivity index (χ4v) is 6.90. The number of sulfonamides is 2. The van der Waals surface area contributed by atoms with E-state index in [9.17, 15) is 43.2 Å². The third-order valence-corrected chi connectivity index (χ3v) is 10.3. The minimum atomic E-state index is -6.72. The molecular weight excluding hydrogens is 656 g/mol. The molecule has 3 aromatic carbocycles. The first-order valence-electron chi connectivity index (χ1n) is 15.1. The molecule has 1 aliphatic rings. The Morgan fingerprint density at radius 3 is 1.59 bits per heavy atom. The van der Waals surface area contributed by atoms with Gasteiger partial charge in [0, 0.05) is 10.8 Å². The normalized spacial score (nSPS) is 15.8. The monoisotopic (exact) mass is 695 g/mol. The summed E-state index contributed by atoms with van der Waals surface area (Å²) in [7, 11) is -13.4. The van der Waals surface area contributed by atoms with Gasteiger partial charge in [0.25, 0.3) is 0 Å². The lowest BCUT2D eigenvalue weighted by Crippen LogP contribution is -3.07. The van der Waals surface area contributed by atoms with Crippen molar-refractivity contribution in [2.45, 2.75) is 82.1 Å². The second-order valence-electron chi connectivity index (χ2n) is 11.1. The van der Waals surface area contributed by atoms with Gasteiger partial charge in [-0.1, -0.05) is 107 Å². The summed E-state index contributed by atoms with van der Waals surface area (Å²) in [5.41, 5.74) is -11.0. The number of nitrogens with one attached hydrogen (secondary N) is 1. The van der Waals surface area contributed by atoms with Crippen LogP contribution in [0.5, 0.6) is 0 Å². The second-order valence-corrected chi connectivity index (χ2v) is 14.5. The summed E-state index contributed by atoms with van der Waals surface area (Å²) in [6, 6.07) is 19.9. The van der Waals surface area contributed by atoms with Gasteiger partial charge >= 0.3 is 11.0 Å².